The van der Waals surface area contributed by atoms with E-state index in [0.717, 1.165) is 31.5 Å². The van der Waals surface area contributed by atoms with Gasteiger partial charge in [-0.05, 0) is 37.4 Å². The van der Waals surface area contributed by atoms with Crippen LogP contribution in [0.2, 0.25) is 0 Å². The molecule has 2 rings (SSSR count). The molecular formula is C13H16F3NO. The molecule has 1 unspecified atom stereocenters. The Morgan fingerprint density at radius 1 is 1.39 bits per heavy atom. The molecule has 0 bridgehead atoms. The number of nitrogens with one attached hydrogen (secondary N) is 1. The van der Waals surface area contributed by atoms with E-state index < -0.39 is 17.8 Å². The van der Waals surface area contributed by atoms with Crippen LogP contribution in [0.25, 0.3) is 0 Å². The lowest BCUT2D eigenvalue weighted by atomic mass is 9.99. The van der Waals surface area contributed by atoms with Crippen LogP contribution in [-0.4, -0.2) is 23.8 Å². The van der Waals surface area contributed by atoms with Crippen LogP contribution in [0.5, 0.6) is 0 Å². The summed E-state index contributed by atoms with van der Waals surface area (Å²) < 4.78 is 37.6. The number of halogens is 3. The zero-order valence-corrected chi connectivity index (χ0v) is 9.87. The van der Waals surface area contributed by atoms with Crippen molar-refractivity contribution in [3.05, 3.63) is 35.4 Å². The van der Waals surface area contributed by atoms with E-state index in [1.165, 1.54) is 6.07 Å². The monoisotopic (exact) mass is 259 g/mol. The van der Waals surface area contributed by atoms with Gasteiger partial charge in [0, 0.05) is 6.04 Å². The van der Waals surface area contributed by atoms with Gasteiger partial charge >= 0.3 is 6.18 Å². The van der Waals surface area contributed by atoms with Crippen molar-refractivity contribution in [3.8, 4) is 0 Å². The second-order valence-electron chi connectivity index (χ2n) is 4.67. The molecule has 1 aliphatic heterocycles. The number of hydrogen-bond donors (Lipinski definition) is 2. The second kappa shape index (κ2) is 5.28. The van der Waals surface area contributed by atoms with Gasteiger partial charge in [0.15, 0.2) is 0 Å². The molecule has 1 fully saturated rings. The first-order chi connectivity index (χ1) is 8.47. The highest BCUT2D eigenvalue weighted by atomic mass is 19.4. The lowest BCUT2D eigenvalue weighted by molar-refractivity contribution is -0.137. The van der Waals surface area contributed by atoms with Crippen LogP contribution in [0.4, 0.5) is 13.2 Å². The highest BCUT2D eigenvalue weighted by Gasteiger charge is 2.30. The Kier molecular flexibility index (Phi) is 3.92. The molecule has 0 saturated carbocycles. The molecular weight excluding hydrogens is 243 g/mol. The third-order valence-electron chi connectivity index (χ3n) is 3.26. The summed E-state index contributed by atoms with van der Waals surface area (Å²) in [6.07, 6.45) is -2.82. The number of aliphatic hydroxyl groups excluding tert-OH is 1. The molecule has 1 aromatic carbocycles. The fourth-order valence-electron chi connectivity index (χ4n) is 2.30. The van der Waals surface area contributed by atoms with E-state index in [0.29, 0.717) is 5.56 Å². The Hall–Kier alpha value is -1.07. The van der Waals surface area contributed by atoms with Gasteiger partial charge in [-0.2, -0.15) is 13.2 Å². The SMILES string of the molecule is OC(Cc1cccc(C(F)(F)F)c1)[C@H]1CCCN1. The first-order valence-corrected chi connectivity index (χ1v) is 6.04. The van der Waals surface area contributed by atoms with E-state index in [1.807, 2.05) is 0 Å². The maximum absolute atomic E-state index is 12.5. The molecule has 5 heteroatoms. The molecule has 0 amide bonds. The molecule has 18 heavy (non-hydrogen) atoms. The van der Waals surface area contributed by atoms with Crippen LogP contribution in [-0.2, 0) is 12.6 Å². The van der Waals surface area contributed by atoms with Gasteiger partial charge in [0.25, 0.3) is 0 Å². The van der Waals surface area contributed by atoms with Crippen molar-refractivity contribution >= 4 is 0 Å². The van der Waals surface area contributed by atoms with E-state index >= 15 is 0 Å². The predicted octanol–water partition coefficient (Wildman–Crippen LogP) is 2.36. The molecule has 0 spiro atoms. The van der Waals surface area contributed by atoms with E-state index in [9.17, 15) is 18.3 Å². The normalized spacial score (nSPS) is 22.1. The molecule has 0 aromatic heterocycles. The van der Waals surface area contributed by atoms with Crippen molar-refractivity contribution in [2.75, 3.05) is 6.54 Å². The Morgan fingerprint density at radius 3 is 2.78 bits per heavy atom. The van der Waals surface area contributed by atoms with Crippen LogP contribution in [0.1, 0.15) is 24.0 Å². The summed E-state index contributed by atoms with van der Waals surface area (Å²) in [5.41, 5.74) is -0.141. The Balaban J connectivity index is 2.04. The highest BCUT2D eigenvalue weighted by Crippen LogP contribution is 2.29. The molecule has 1 saturated heterocycles. The molecule has 0 radical (unpaired) electrons. The van der Waals surface area contributed by atoms with Crippen molar-refractivity contribution in [3.63, 3.8) is 0 Å². The summed E-state index contributed by atoms with van der Waals surface area (Å²) in [7, 11) is 0. The maximum atomic E-state index is 12.5. The molecule has 1 heterocycles. The highest BCUT2D eigenvalue weighted by molar-refractivity contribution is 5.26. The number of alkyl halides is 3. The van der Waals surface area contributed by atoms with E-state index in [1.54, 1.807) is 6.07 Å². The smallest absolute Gasteiger partial charge is 0.391 e. The fourth-order valence-corrected chi connectivity index (χ4v) is 2.30. The molecule has 100 valence electrons. The van der Waals surface area contributed by atoms with E-state index in [2.05, 4.69) is 5.32 Å². The summed E-state index contributed by atoms with van der Waals surface area (Å²) >= 11 is 0. The number of benzene rings is 1. The third-order valence-corrected chi connectivity index (χ3v) is 3.26. The second-order valence-corrected chi connectivity index (χ2v) is 4.67. The molecule has 1 aliphatic rings. The van der Waals surface area contributed by atoms with Crippen molar-refractivity contribution in [1.29, 1.82) is 0 Å². The number of rotatable bonds is 3. The maximum Gasteiger partial charge on any atom is 0.416 e. The standard InChI is InChI=1S/C13H16F3NO/c14-13(15,16)10-4-1-3-9(7-10)8-12(18)11-5-2-6-17-11/h1,3-4,7,11-12,17-18H,2,5-6,8H2/t11-,12?/m1/s1. The average molecular weight is 259 g/mol. The fraction of sp³-hybridized carbons (Fsp3) is 0.538. The predicted molar refractivity (Wildman–Crippen MR) is 62.2 cm³/mol. The lowest BCUT2D eigenvalue weighted by Gasteiger charge is -2.18. The van der Waals surface area contributed by atoms with Crippen LogP contribution in [0, 0.1) is 0 Å². The van der Waals surface area contributed by atoms with Crippen LogP contribution in [0.3, 0.4) is 0 Å². The molecule has 1 aromatic rings. The van der Waals surface area contributed by atoms with Gasteiger partial charge in [0.05, 0.1) is 11.7 Å². The molecule has 2 atom stereocenters. The van der Waals surface area contributed by atoms with Gasteiger partial charge in [-0.1, -0.05) is 18.2 Å². The molecule has 2 N–H and O–H groups in total. The van der Waals surface area contributed by atoms with Crippen molar-refractivity contribution in [1.82, 2.24) is 5.32 Å². The number of aliphatic hydroxyl groups is 1. The molecule has 0 aliphatic carbocycles. The van der Waals surface area contributed by atoms with Crippen LogP contribution >= 0.6 is 0 Å². The topological polar surface area (TPSA) is 32.3 Å². The lowest BCUT2D eigenvalue weighted by Crippen LogP contribution is -2.36. The Labute approximate surface area is 104 Å². The third kappa shape index (κ3) is 3.23. The first kappa shape index (κ1) is 13.4. The Bertz CT molecular complexity index is 399. The Morgan fingerprint density at radius 2 is 2.17 bits per heavy atom. The van der Waals surface area contributed by atoms with E-state index in [4.69, 9.17) is 0 Å². The van der Waals surface area contributed by atoms with Crippen LogP contribution in [0.15, 0.2) is 24.3 Å². The number of hydrogen-bond acceptors (Lipinski definition) is 2. The zero-order valence-electron chi connectivity index (χ0n) is 9.87. The van der Waals surface area contributed by atoms with Gasteiger partial charge in [-0.3, -0.25) is 0 Å². The summed E-state index contributed by atoms with van der Waals surface area (Å²) in [6, 6.07) is 5.15. The van der Waals surface area contributed by atoms with Gasteiger partial charge in [-0.15, -0.1) is 0 Å². The summed E-state index contributed by atoms with van der Waals surface area (Å²) in [6.45, 7) is 0.865. The minimum Gasteiger partial charge on any atom is -0.391 e. The van der Waals surface area contributed by atoms with Crippen molar-refractivity contribution in [2.24, 2.45) is 0 Å². The van der Waals surface area contributed by atoms with Gasteiger partial charge in [-0.25, -0.2) is 0 Å². The first-order valence-electron chi connectivity index (χ1n) is 6.04. The van der Waals surface area contributed by atoms with Gasteiger partial charge < -0.3 is 10.4 Å². The van der Waals surface area contributed by atoms with E-state index in [-0.39, 0.29) is 12.5 Å². The van der Waals surface area contributed by atoms with Crippen molar-refractivity contribution < 1.29 is 18.3 Å². The quantitative estimate of drug-likeness (QED) is 0.873. The summed E-state index contributed by atoms with van der Waals surface area (Å²) in [4.78, 5) is 0. The average Bonchev–Trinajstić information content (AvgIpc) is 2.81. The van der Waals surface area contributed by atoms with Gasteiger partial charge in [0.2, 0.25) is 0 Å². The minimum absolute atomic E-state index is 0.000423. The summed E-state index contributed by atoms with van der Waals surface area (Å²) in [5.74, 6) is 0. The van der Waals surface area contributed by atoms with Crippen molar-refractivity contribution in [2.45, 2.75) is 37.6 Å². The molecule has 2 nitrogen and oxygen atoms in total. The largest absolute Gasteiger partial charge is 0.416 e. The van der Waals surface area contributed by atoms with Gasteiger partial charge in [0.1, 0.15) is 0 Å². The minimum atomic E-state index is -4.33. The van der Waals surface area contributed by atoms with Crippen LogP contribution < -0.4 is 5.32 Å². The zero-order chi connectivity index (χ0) is 13.2. The summed E-state index contributed by atoms with van der Waals surface area (Å²) in [5, 5.41) is 13.1.